The Bertz CT molecular complexity index is 1070. The van der Waals surface area contributed by atoms with E-state index >= 15 is 0 Å². The summed E-state index contributed by atoms with van der Waals surface area (Å²) in [6.07, 6.45) is 2.45. The summed E-state index contributed by atoms with van der Waals surface area (Å²) in [6.45, 7) is 2.45. The van der Waals surface area contributed by atoms with Crippen molar-refractivity contribution in [2.45, 2.75) is 24.8 Å². The molecule has 10 heteroatoms. The number of thioether (sulfide) groups is 1. The highest BCUT2D eigenvalue weighted by atomic mass is 35.5. The zero-order chi connectivity index (χ0) is 21.7. The van der Waals surface area contributed by atoms with E-state index in [0.717, 1.165) is 0 Å². The van der Waals surface area contributed by atoms with Crippen molar-refractivity contribution in [3.63, 3.8) is 0 Å². The fourth-order valence-corrected chi connectivity index (χ4v) is 3.66. The largest absolute Gasteiger partial charge is 0.419 e. The number of hydrogen-bond acceptors (Lipinski definition) is 7. The van der Waals surface area contributed by atoms with Crippen LogP contribution in [0.1, 0.15) is 29.6 Å². The van der Waals surface area contributed by atoms with Gasteiger partial charge in [-0.05, 0) is 36.9 Å². The maximum atomic E-state index is 13.0. The van der Waals surface area contributed by atoms with E-state index in [1.54, 1.807) is 36.6 Å². The molecule has 0 aliphatic heterocycles. The smallest absolute Gasteiger partial charge is 0.283 e. The van der Waals surface area contributed by atoms with Gasteiger partial charge in [-0.1, -0.05) is 30.7 Å². The molecule has 3 rings (SSSR count). The Morgan fingerprint density at radius 1 is 1.27 bits per heavy atom. The third kappa shape index (κ3) is 4.80. The molecule has 0 aliphatic rings. The molecule has 0 saturated carbocycles. The van der Waals surface area contributed by atoms with Gasteiger partial charge in [0.15, 0.2) is 0 Å². The van der Waals surface area contributed by atoms with Crippen LogP contribution in [0.3, 0.4) is 0 Å². The number of nitrogens with zero attached hydrogens (tertiary/aromatic N) is 4. The first-order valence-electron chi connectivity index (χ1n) is 9.13. The van der Waals surface area contributed by atoms with Crippen molar-refractivity contribution < 1.29 is 14.1 Å². The average Bonchev–Trinajstić information content (AvgIpc) is 3.21. The first-order chi connectivity index (χ1) is 14.4. The number of amides is 1. The van der Waals surface area contributed by atoms with Gasteiger partial charge < -0.3 is 9.32 Å². The number of aromatic nitrogens is 2. The minimum Gasteiger partial charge on any atom is -0.419 e. The number of benzene rings is 2. The third-order valence-corrected chi connectivity index (χ3v) is 5.42. The molecule has 0 atom stereocenters. The Hall–Kier alpha value is -2.91. The predicted molar refractivity (Wildman–Crippen MR) is 115 cm³/mol. The van der Waals surface area contributed by atoms with E-state index in [4.69, 9.17) is 16.0 Å². The molecule has 0 radical (unpaired) electrons. The zero-order valence-corrected chi connectivity index (χ0v) is 17.9. The number of nitro groups is 1. The molecule has 0 saturated heterocycles. The molecule has 0 fully saturated rings. The minimum atomic E-state index is -0.485. The zero-order valence-electron chi connectivity index (χ0n) is 16.4. The molecule has 3 aromatic rings. The van der Waals surface area contributed by atoms with Crippen molar-refractivity contribution >= 4 is 35.0 Å². The van der Waals surface area contributed by atoms with Crippen molar-refractivity contribution in [3.8, 4) is 11.5 Å². The first-order valence-corrected chi connectivity index (χ1v) is 10.7. The summed E-state index contributed by atoms with van der Waals surface area (Å²) < 4.78 is 5.70. The van der Waals surface area contributed by atoms with Crippen molar-refractivity contribution in [1.29, 1.82) is 0 Å². The van der Waals surface area contributed by atoms with Crippen LogP contribution in [0, 0.1) is 10.1 Å². The summed E-state index contributed by atoms with van der Waals surface area (Å²) in [7, 11) is 0. The molecular weight excluding hydrogens is 428 g/mol. The summed E-state index contributed by atoms with van der Waals surface area (Å²) in [5.74, 6) is 0.173. The Labute approximate surface area is 182 Å². The van der Waals surface area contributed by atoms with Gasteiger partial charge in [-0.2, -0.15) is 0 Å². The van der Waals surface area contributed by atoms with Crippen LogP contribution in [0.15, 0.2) is 51.8 Å². The normalized spacial score (nSPS) is 10.8. The second kappa shape index (κ2) is 9.73. The lowest BCUT2D eigenvalue weighted by Crippen LogP contribution is -2.31. The van der Waals surface area contributed by atoms with Crippen molar-refractivity contribution in [2.24, 2.45) is 0 Å². The Balaban J connectivity index is 1.85. The third-order valence-electron chi connectivity index (χ3n) is 4.30. The topological polar surface area (TPSA) is 102 Å². The van der Waals surface area contributed by atoms with Crippen LogP contribution >= 0.6 is 23.4 Å². The van der Waals surface area contributed by atoms with Gasteiger partial charge in [0.25, 0.3) is 11.6 Å². The van der Waals surface area contributed by atoms with Gasteiger partial charge in [-0.3, -0.25) is 14.9 Å². The fourth-order valence-electron chi connectivity index (χ4n) is 2.89. The maximum Gasteiger partial charge on any atom is 0.283 e. The van der Waals surface area contributed by atoms with Crippen molar-refractivity contribution in [3.05, 3.63) is 69.1 Å². The van der Waals surface area contributed by atoms with Crippen LogP contribution in [-0.2, 0) is 6.54 Å². The summed E-state index contributed by atoms with van der Waals surface area (Å²) >= 11 is 7.43. The molecule has 0 spiro atoms. The van der Waals surface area contributed by atoms with Crippen molar-refractivity contribution in [1.82, 2.24) is 15.1 Å². The van der Waals surface area contributed by atoms with E-state index in [1.165, 1.54) is 22.7 Å². The van der Waals surface area contributed by atoms with E-state index in [9.17, 15) is 14.9 Å². The maximum absolute atomic E-state index is 13.0. The van der Waals surface area contributed by atoms with Gasteiger partial charge in [-0.25, -0.2) is 0 Å². The molecule has 30 heavy (non-hydrogen) atoms. The highest BCUT2D eigenvalue weighted by Gasteiger charge is 2.23. The molecule has 0 aliphatic carbocycles. The van der Waals surface area contributed by atoms with E-state index in [2.05, 4.69) is 10.2 Å². The minimum absolute atomic E-state index is 0.0855. The Kier molecular flexibility index (Phi) is 7.07. The monoisotopic (exact) mass is 446 g/mol. The average molecular weight is 447 g/mol. The van der Waals surface area contributed by atoms with E-state index < -0.39 is 4.92 Å². The molecular formula is C20H19ClN4O4S. The number of carbonyl (C=O) groups is 1. The molecule has 1 aromatic heterocycles. The number of nitro benzene ring substituents is 1. The molecule has 0 N–H and O–H groups in total. The second-order valence-corrected chi connectivity index (χ2v) is 7.61. The SMILES string of the molecule is CCCN(Cc1nnc(-c2ccccc2Cl)o1)C(=O)c1ccc(SC)c([N+](=O)[O-])c1. The van der Waals surface area contributed by atoms with Crippen LogP contribution < -0.4 is 0 Å². The summed E-state index contributed by atoms with van der Waals surface area (Å²) in [4.78, 5) is 25.9. The van der Waals surface area contributed by atoms with Gasteiger partial charge in [0.05, 0.1) is 26.9 Å². The van der Waals surface area contributed by atoms with Gasteiger partial charge in [0, 0.05) is 18.2 Å². The number of hydrogen-bond donors (Lipinski definition) is 0. The summed E-state index contributed by atoms with van der Waals surface area (Å²) in [5.41, 5.74) is 0.747. The molecule has 1 heterocycles. The molecule has 0 unspecified atom stereocenters. The molecule has 156 valence electrons. The number of rotatable bonds is 8. The predicted octanol–water partition coefficient (Wildman–Crippen LogP) is 5.07. The Morgan fingerprint density at radius 3 is 2.70 bits per heavy atom. The quantitative estimate of drug-likeness (QED) is 0.270. The second-order valence-electron chi connectivity index (χ2n) is 6.35. The lowest BCUT2D eigenvalue weighted by atomic mass is 10.1. The molecule has 1 amide bonds. The summed E-state index contributed by atoms with van der Waals surface area (Å²) in [6, 6.07) is 11.6. The van der Waals surface area contributed by atoms with Gasteiger partial charge in [0.1, 0.15) is 0 Å². The van der Waals surface area contributed by atoms with Gasteiger partial charge in [0.2, 0.25) is 11.8 Å². The number of halogens is 1. The molecule has 0 bridgehead atoms. The Morgan fingerprint density at radius 2 is 2.03 bits per heavy atom. The van der Waals surface area contributed by atoms with Gasteiger partial charge >= 0.3 is 0 Å². The van der Waals surface area contributed by atoms with Crippen LogP contribution in [0.4, 0.5) is 5.69 Å². The molecule has 8 nitrogen and oxygen atoms in total. The lowest BCUT2D eigenvalue weighted by molar-refractivity contribution is -0.387. The van der Waals surface area contributed by atoms with E-state index in [-0.39, 0.29) is 35.5 Å². The van der Waals surface area contributed by atoms with Gasteiger partial charge in [-0.15, -0.1) is 22.0 Å². The fraction of sp³-hybridized carbons (Fsp3) is 0.250. The van der Waals surface area contributed by atoms with Crippen molar-refractivity contribution in [2.75, 3.05) is 12.8 Å². The standard InChI is InChI=1S/C20H19ClN4O4S/c1-3-10-24(20(26)13-8-9-17(30-2)16(11-13)25(27)28)12-18-22-23-19(29-18)14-6-4-5-7-15(14)21/h4-9,11H,3,10,12H2,1-2H3. The highest BCUT2D eigenvalue weighted by molar-refractivity contribution is 7.98. The highest BCUT2D eigenvalue weighted by Crippen LogP contribution is 2.29. The van der Waals surface area contributed by atoms with Crippen LogP contribution in [-0.4, -0.2) is 38.7 Å². The van der Waals surface area contributed by atoms with E-state index in [1.807, 2.05) is 13.0 Å². The lowest BCUT2D eigenvalue weighted by Gasteiger charge is -2.20. The summed E-state index contributed by atoms with van der Waals surface area (Å²) in [5, 5.41) is 19.9. The number of carbonyl (C=O) groups excluding carboxylic acids is 1. The van der Waals surface area contributed by atoms with Crippen LogP contribution in [0.5, 0.6) is 0 Å². The first kappa shape index (κ1) is 21.8. The van der Waals surface area contributed by atoms with Crippen LogP contribution in [0.2, 0.25) is 5.02 Å². The van der Waals surface area contributed by atoms with Crippen LogP contribution in [0.25, 0.3) is 11.5 Å². The van der Waals surface area contributed by atoms with E-state index in [0.29, 0.717) is 28.4 Å². The molecule has 2 aromatic carbocycles.